The molecule has 0 fully saturated rings. The molecule has 1 atom stereocenters. The predicted molar refractivity (Wildman–Crippen MR) is 60.0 cm³/mol. The van der Waals surface area contributed by atoms with Crippen molar-refractivity contribution in [2.75, 3.05) is 13.2 Å². The van der Waals surface area contributed by atoms with Crippen molar-refractivity contribution in [3.63, 3.8) is 0 Å². The van der Waals surface area contributed by atoms with Crippen molar-refractivity contribution in [1.82, 2.24) is 5.32 Å². The van der Waals surface area contributed by atoms with E-state index in [2.05, 4.69) is 10.3 Å². The van der Waals surface area contributed by atoms with Crippen LogP contribution in [0.15, 0.2) is 29.3 Å². The Morgan fingerprint density at radius 2 is 2.33 bits per heavy atom. The molecule has 0 spiro atoms. The zero-order chi connectivity index (χ0) is 10.7. The maximum atomic E-state index is 5.58. The number of rotatable bonds is 3. The molecule has 0 amide bonds. The van der Waals surface area contributed by atoms with Crippen LogP contribution < -0.4 is 15.8 Å². The molecule has 0 radical (unpaired) electrons. The molecule has 1 aromatic carbocycles. The van der Waals surface area contributed by atoms with Gasteiger partial charge in [-0.05, 0) is 13.0 Å². The van der Waals surface area contributed by atoms with E-state index in [0.29, 0.717) is 19.1 Å². The molecule has 1 aliphatic rings. The lowest BCUT2D eigenvalue weighted by atomic mass is 10.1. The highest BCUT2D eigenvalue weighted by atomic mass is 16.5. The summed E-state index contributed by atoms with van der Waals surface area (Å²) in [5.41, 5.74) is 6.70. The van der Waals surface area contributed by atoms with Gasteiger partial charge in [-0.25, -0.2) is 0 Å². The van der Waals surface area contributed by atoms with Crippen LogP contribution in [-0.4, -0.2) is 19.1 Å². The molecule has 0 bridgehead atoms. The molecule has 80 valence electrons. The molecule has 1 heterocycles. The van der Waals surface area contributed by atoms with Gasteiger partial charge in [-0.15, -0.1) is 0 Å². The number of para-hydroxylation sites is 1. The molecule has 0 aliphatic carbocycles. The Bertz CT molecular complexity index is 376. The van der Waals surface area contributed by atoms with Gasteiger partial charge < -0.3 is 15.8 Å². The molecular formula is C11H15N3O. The molecule has 15 heavy (non-hydrogen) atoms. The van der Waals surface area contributed by atoms with Crippen LogP contribution in [0.4, 0.5) is 0 Å². The van der Waals surface area contributed by atoms with Crippen molar-refractivity contribution < 1.29 is 4.74 Å². The molecule has 4 nitrogen and oxygen atoms in total. The van der Waals surface area contributed by atoms with Crippen molar-refractivity contribution in [3.8, 4) is 5.75 Å². The number of nitrogens with two attached hydrogens (primary N) is 1. The average molecular weight is 205 g/mol. The average Bonchev–Trinajstić information content (AvgIpc) is 2.66. The molecule has 3 N–H and O–H groups in total. The van der Waals surface area contributed by atoms with Crippen LogP contribution in [0.25, 0.3) is 0 Å². The molecule has 1 unspecified atom stereocenters. The first-order chi connectivity index (χ1) is 7.31. The fourth-order valence-electron chi connectivity index (χ4n) is 1.69. The van der Waals surface area contributed by atoms with Crippen molar-refractivity contribution in [2.24, 2.45) is 10.7 Å². The van der Waals surface area contributed by atoms with Crippen LogP contribution in [0.1, 0.15) is 18.5 Å². The second-order valence-electron chi connectivity index (χ2n) is 3.39. The fraction of sp³-hybridized carbons (Fsp3) is 0.364. The number of nitrogens with zero attached hydrogens (tertiary/aromatic N) is 1. The lowest BCUT2D eigenvalue weighted by Gasteiger charge is -2.15. The number of nitrogens with one attached hydrogen (secondary N) is 1. The minimum absolute atomic E-state index is 0.146. The summed E-state index contributed by atoms with van der Waals surface area (Å²) >= 11 is 0. The van der Waals surface area contributed by atoms with Gasteiger partial charge in [0.2, 0.25) is 0 Å². The van der Waals surface area contributed by atoms with Crippen LogP contribution in [0.5, 0.6) is 5.75 Å². The van der Waals surface area contributed by atoms with Crippen molar-refractivity contribution in [1.29, 1.82) is 0 Å². The summed E-state index contributed by atoms with van der Waals surface area (Å²) in [6.45, 7) is 3.32. The van der Waals surface area contributed by atoms with E-state index in [1.54, 1.807) is 0 Å². The van der Waals surface area contributed by atoms with E-state index in [0.717, 1.165) is 11.3 Å². The van der Waals surface area contributed by atoms with Gasteiger partial charge in [-0.3, -0.25) is 4.99 Å². The summed E-state index contributed by atoms with van der Waals surface area (Å²) in [7, 11) is 0. The second kappa shape index (κ2) is 4.21. The number of ether oxygens (including phenoxy) is 1. The zero-order valence-electron chi connectivity index (χ0n) is 8.73. The van der Waals surface area contributed by atoms with Gasteiger partial charge in [-0.1, -0.05) is 18.2 Å². The molecule has 4 heteroatoms. The van der Waals surface area contributed by atoms with Crippen molar-refractivity contribution >= 4 is 5.96 Å². The highest BCUT2D eigenvalue weighted by Crippen LogP contribution is 2.26. The Labute approximate surface area is 89.1 Å². The minimum atomic E-state index is 0.146. The standard InChI is InChI=1S/C11H15N3O/c1-2-15-10-6-4-3-5-8(10)9-7-13-11(12)14-9/h3-6,9H,2,7H2,1H3,(H3,12,13,14). The smallest absolute Gasteiger partial charge is 0.189 e. The summed E-state index contributed by atoms with van der Waals surface area (Å²) in [6.07, 6.45) is 0. The summed E-state index contributed by atoms with van der Waals surface area (Å²) in [5.74, 6) is 1.41. The monoisotopic (exact) mass is 205 g/mol. The van der Waals surface area contributed by atoms with Crippen molar-refractivity contribution in [2.45, 2.75) is 13.0 Å². The number of hydrogen-bond donors (Lipinski definition) is 2. The Kier molecular flexibility index (Phi) is 2.76. The topological polar surface area (TPSA) is 59.6 Å². The first-order valence-electron chi connectivity index (χ1n) is 5.09. The fourth-order valence-corrected chi connectivity index (χ4v) is 1.69. The third-order valence-electron chi connectivity index (χ3n) is 2.36. The molecule has 2 rings (SSSR count). The highest BCUT2D eigenvalue weighted by Gasteiger charge is 2.20. The van der Waals surface area contributed by atoms with Crippen LogP contribution in [0.3, 0.4) is 0 Å². The van der Waals surface area contributed by atoms with E-state index < -0.39 is 0 Å². The first kappa shape index (κ1) is 9.83. The SMILES string of the molecule is CCOc1ccccc1C1CN=C(N)N1. The second-order valence-corrected chi connectivity index (χ2v) is 3.39. The largest absolute Gasteiger partial charge is 0.494 e. The van der Waals surface area contributed by atoms with Gasteiger partial charge in [-0.2, -0.15) is 0 Å². The predicted octanol–water partition coefficient (Wildman–Crippen LogP) is 1.04. The Balaban J connectivity index is 2.20. The maximum Gasteiger partial charge on any atom is 0.189 e. The summed E-state index contributed by atoms with van der Waals surface area (Å²) in [4.78, 5) is 4.12. The lowest BCUT2D eigenvalue weighted by Crippen LogP contribution is -2.29. The minimum Gasteiger partial charge on any atom is -0.494 e. The van der Waals surface area contributed by atoms with Gasteiger partial charge >= 0.3 is 0 Å². The van der Waals surface area contributed by atoms with Gasteiger partial charge in [0, 0.05) is 5.56 Å². The van der Waals surface area contributed by atoms with Crippen LogP contribution in [0.2, 0.25) is 0 Å². The lowest BCUT2D eigenvalue weighted by molar-refractivity contribution is 0.334. The van der Waals surface area contributed by atoms with E-state index in [1.165, 1.54) is 0 Å². The summed E-state index contributed by atoms with van der Waals surface area (Å²) in [5, 5.41) is 3.12. The van der Waals surface area contributed by atoms with Crippen LogP contribution in [0, 0.1) is 0 Å². The van der Waals surface area contributed by atoms with Gasteiger partial charge in [0.15, 0.2) is 5.96 Å². The Morgan fingerprint density at radius 3 is 3.00 bits per heavy atom. The van der Waals surface area contributed by atoms with Gasteiger partial charge in [0.1, 0.15) is 5.75 Å². The number of aliphatic imine (C=N–C) groups is 1. The number of hydrogen-bond acceptors (Lipinski definition) is 4. The molecule has 0 saturated heterocycles. The highest BCUT2D eigenvalue weighted by molar-refractivity contribution is 5.80. The third-order valence-corrected chi connectivity index (χ3v) is 2.36. The van der Waals surface area contributed by atoms with E-state index in [1.807, 2.05) is 31.2 Å². The van der Waals surface area contributed by atoms with E-state index >= 15 is 0 Å². The molecular weight excluding hydrogens is 190 g/mol. The van der Waals surface area contributed by atoms with E-state index in [4.69, 9.17) is 10.5 Å². The van der Waals surface area contributed by atoms with Gasteiger partial charge in [0.05, 0.1) is 19.2 Å². The Hall–Kier alpha value is -1.71. The van der Waals surface area contributed by atoms with E-state index in [9.17, 15) is 0 Å². The van der Waals surface area contributed by atoms with Crippen LogP contribution >= 0.6 is 0 Å². The molecule has 0 aromatic heterocycles. The maximum absolute atomic E-state index is 5.58. The quantitative estimate of drug-likeness (QED) is 0.775. The van der Waals surface area contributed by atoms with E-state index in [-0.39, 0.29) is 6.04 Å². The molecule has 0 saturated carbocycles. The van der Waals surface area contributed by atoms with Crippen LogP contribution in [-0.2, 0) is 0 Å². The number of guanidine groups is 1. The molecule has 1 aromatic rings. The van der Waals surface area contributed by atoms with Gasteiger partial charge in [0.25, 0.3) is 0 Å². The third kappa shape index (κ3) is 2.03. The zero-order valence-corrected chi connectivity index (χ0v) is 8.73. The summed E-state index contributed by atoms with van der Waals surface area (Å²) < 4.78 is 5.55. The first-order valence-corrected chi connectivity index (χ1v) is 5.09. The molecule has 1 aliphatic heterocycles. The Morgan fingerprint density at radius 1 is 1.53 bits per heavy atom. The summed E-state index contributed by atoms with van der Waals surface area (Å²) in [6, 6.07) is 8.11. The number of benzene rings is 1. The van der Waals surface area contributed by atoms with Crippen molar-refractivity contribution in [3.05, 3.63) is 29.8 Å². The normalized spacial score (nSPS) is 19.5.